The highest BCUT2D eigenvalue weighted by molar-refractivity contribution is 6.00. The first kappa shape index (κ1) is 17.8. The summed E-state index contributed by atoms with van der Waals surface area (Å²) in [5.41, 5.74) is 2.90. The maximum Gasteiger partial charge on any atom is 0.573 e. The second kappa shape index (κ2) is 6.70. The van der Waals surface area contributed by atoms with Crippen molar-refractivity contribution in [2.75, 3.05) is 6.61 Å². The predicted molar refractivity (Wildman–Crippen MR) is 88.8 cm³/mol. The zero-order valence-corrected chi connectivity index (χ0v) is 14.0. The molecule has 0 aliphatic heterocycles. The maximum absolute atomic E-state index is 12.3. The third kappa shape index (κ3) is 3.63. The fraction of sp³-hybridized carbons (Fsp3) is 0.222. The topological polar surface area (TPSA) is 53.4 Å². The number of imidazole rings is 1. The molecule has 8 heteroatoms. The molecule has 0 amide bonds. The van der Waals surface area contributed by atoms with Gasteiger partial charge in [-0.25, -0.2) is 9.78 Å². The molecule has 0 fully saturated rings. The van der Waals surface area contributed by atoms with Crippen molar-refractivity contribution in [1.82, 2.24) is 9.55 Å². The lowest BCUT2D eigenvalue weighted by molar-refractivity contribution is -0.274. The number of benzene rings is 2. The van der Waals surface area contributed by atoms with Gasteiger partial charge >= 0.3 is 12.3 Å². The number of fused-ring (bicyclic) bond motifs is 1. The second-order valence-corrected chi connectivity index (χ2v) is 5.54. The number of carbonyl (C=O) groups is 1. The fourth-order valence-electron chi connectivity index (χ4n) is 2.62. The molecule has 2 aromatic carbocycles. The molecule has 3 aromatic rings. The molecule has 0 radical (unpaired) electrons. The van der Waals surface area contributed by atoms with Gasteiger partial charge in [-0.1, -0.05) is 12.1 Å². The van der Waals surface area contributed by atoms with E-state index in [1.54, 1.807) is 37.0 Å². The summed E-state index contributed by atoms with van der Waals surface area (Å²) in [4.78, 5) is 16.4. The Labute approximate surface area is 147 Å². The lowest BCUT2D eigenvalue weighted by Gasteiger charge is -2.11. The Morgan fingerprint density at radius 1 is 1.19 bits per heavy atom. The molecule has 0 N–H and O–H groups in total. The van der Waals surface area contributed by atoms with Crippen LogP contribution in [0.2, 0.25) is 0 Å². The number of aromatic nitrogens is 2. The Kier molecular flexibility index (Phi) is 4.58. The lowest BCUT2D eigenvalue weighted by atomic mass is 10.0. The van der Waals surface area contributed by atoms with E-state index in [4.69, 9.17) is 4.74 Å². The first-order valence-electron chi connectivity index (χ1n) is 7.77. The molecular weight excluding hydrogens is 349 g/mol. The van der Waals surface area contributed by atoms with Crippen molar-refractivity contribution in [2.24, 2.45) is 7.05 Å². The van der Waals surface area contributed by atoms with Crippen LogP contribution < -0.4 is 4.74 Å². The van der Waals surface area contributed by atoms with E-state index in [1.165, 1.54) is 24.3 Å². The summed E-state index contributed by atoms with van der Waals surface area (Å²) < 4.78 is 47.6. The van der Waals surface area contributed by atoms with Crippen LogP contribution in [0.15, 0.2) is 42.7 Å². The van der Waals surface area contributed by atoms with Crippen LogP contribution in [0.25, 0.3) is 22.2 Å². The number of esters is 1. The van der Waals surface area contributed by atoms with Crippen molar-refractivity contribution >= 4 is 17.0 Å². The number of carbonyl (C=O) groups excluding carboxylic acids is 1. The minimum Gasteiger partial charge on any atom is -0.462 e. The fourth-order valence-corrected chi connectivity index (χ4v) is 2.62. The van der Waals surface area contributed by atoms with Gasteiger partial charge < -0.3 is 14.0 Å². The van der Waals surface area contributed by atoms with Crippen LogP contribution in [0, 0.1) is 0 Å². The summed E-state index contributed by atoms with van der Waals surface area (Å²) in [6.07, 6.45) is -3.15. The molecular formula is C18H15F3N2O3. The highest BCUT2D eigenvalue weighted by Crippen LogP contribution is 2.31. The molecule has 0 saturated carbocycles. The van der Waals surface area contributed by atoms with Crippen LogP contribution in [0.4, 0.5) is 13.2 Å². The van der Waals surface area contributed by atoms with E-state index in [1.807, 2.05) is 0 Å². The molecule has 0 aliphatic carbocycles. The van der Waals surface area contributed by atoms with Crippen LogP contribution >= 0.6 is 0 Å². The quantitative estimate of drug-likeness (QED) is 0.647. The van der Waals surface area contributed by atoms with E-state index in [0.29, 0.717) is 27.7 Å². The van der Waals surface area contributed by atoms with Crippen molar-refractivity contribution in [3.63, 3.8) is 0 Å². The van der Waals surface area contributed by atoms with E-state index in [9.17, 15) is 18.0 Å². The lowest BCUT2D eigenvalue weighted by Crippen LogP contribution is -2.16. The highest BCUT2D eigenvalue weighted by atomic mass is 19.4. The average Bonchev–Trinajstić information content (AvgIpc) is 2.95. The zero-order valence-electron chi connectivity index (χ0n) is 14.0. The molecule has 26 heavy (non-hydrogen) atoms. The van der Waals surface area contributed by atoms with Crippen molar-refractivity contribution in [3.05, 3.63) is 48.3 Å². The smallest absolute Gasteiger partial charge is 0.462 e. The highest BCUT2D eigenvalue weighted by Gasteiger charge is 2.31. The van der Waals surface area contributed by atoms with E-state index in [2.05, 4.69) is 9.72 Å². The number of halogens is 3. The number of alkyl halides is 3. The number of rotatable bonds is 4. The second-order valence-electron chi connectivity index (χ2n) is 5.54. The van der Waals surface area contributed by atoms with Crippen molar-refractivity contribution in [1.29, 1.82) is 0 Å². The van der Waals surface area contributed by atoms with Crippen LogP contribution in [0.5, 0.6) is 5.75 Å². The summed E-state index contributed by atoms with van der Waals surface area (Å²) in [5.74, 6) is -0.797. The molecule has 0 saturated heterocycles. The third-order valence-electron chi connectivity index (χ3n) is 3.74. The average molecular weight is 364 g/mol. The Morgan fingerprint density at radius 2 is 1.88 bits per heavy atom. The van der Waals surface area contributed by atoms with Crippen LogP contribution in [-0.4, -0.2) is 28.5 Å². The molecule has 1 aromatic heterocycles. The molecule has 5 nitrogen and oxygen atoms in total. The first-order chi connectivity index (χ1) is 12.3. The first-order valence-corrected chi connectivity index (χ1v) is 7.77. The van der Waals surface area contributed by atoms with E-state index in [-0.39, 0.29) is 12.4 Å². The Morgan fingerprint density at radius 3 is 2.50 bits per heavy atom. The summed E-state index contributed by atoms with van der Waals surface area (Å²) >= 11 is 0. The van der Waals surface area contributed by atoms with Crippen LogP contribution in [-0.2, 0) is 11.8 Å². The van der Waals surface area contributed by atoms with E-state index >= 15 is 0 Å². The molecule has 136 valence electrons. The number of nitrogens with zero attached hydrogens (tertiary/aromatic N) is 2. The molecule has 0 aliphatic rings. The molecule has 1 heterocycles. The zero-order chi connectivity index (χ0) is 18.9. The van der Waals surface area contributed by atoms with Gasteiger partial charge in [0.1, 0.15) is 5.75 Å². The molecule has 0 atom stereocenters. The van der Waals surface area contributed by atoms with E-state index in [0.717, 1.165) is 0 Å². The minimum atomic E-state index is -4.75. The number of hydrogen-bond donors (Lipinski definition) is 0. The summed E-state index contributed by atoms with van der Waals surface area (Å²) in [5, 5.41) is 0. The normalized spacial score (nSPS) is 11.6. The summed E-state index contributed by atoms with van der Waals surface area (Å²) in [7, 11) is 1.79. The molecule has 0 spiro atoms. The van der Waals surface area contributed by atoms with Gasteiger partial charge in [0.15, 0.2) is 0 Å². The van der Waals surface area contributed by atoms with Crippen LogP contribution in [0.1, 0.15) is 17.3 Å². The largest absolute Gasteiger partial charge is 0.573 e. The SMILES string of the molecule is CCOC(=O)c1cc(-c2ccc(OC(F)(F)F)cc2)c2ncn(C)c2c1. The van der Waals surface area contributed by atoms with Gasteiger partial charge in [-0.15, -0.1) is 13.2 Å². The van der Waals surface area contributed by atoms with Gasteiger partial charge in [-0.05, 0) is 36.8 Å². The van der Waals surface area contributed by atoms with Gasteiger partial charge in [-0.3, -0.25) is 0 Å². The van der Waals surface area contributed by atoms with Gasteiger partial charge in [0.25, 0.3) is 0 Å². The van der Waals surface area contributed by atoms with Gasteiger partial charge in [0, 0.05) is 12.6 Å². The summed E-state index contributed by atoms with van der Waals surface area (Å²) in [6, 6.07) is 8.69. The number of aryl methyl sites for hydroxylation is 1. The van der Waals surface area contributed by atoms with Crippen LogP contribution in [0.3, 0.4) is 0 Å². The number of ether oxygens (including phenoxy) is 2. The molecule has 0 bridgehead atoms. The monoisotopic (exact) mass is 364 g/mol. The predicted octanol–water partition coefficient (Wildman–Crippen LogP) is 4.32. The number of hydrogen-bond acceptors (Lipinski definition) is 4. The molecule has 0 unspecified atom stereocenters. The Balaban J connectivity index is 2.07. The maximum atomic E-state index is 12.3. The van der Waals surface area contributed by atoms with Gasteiger partial charge in [0.05, 0.1) is 29.5 Å². The van der Waals surface area contributed by atoms with E-state index < -0.39 is 12.3 Å². The summed E-state index contributed by atoms with van der Waals surface area (Å²) in [6.45, 7) is 1.95. The van der Waals surface area contributed by atoms with Gasteiger partial charge in [-0.2, -0.15) is 0 Å². The minimum absolute atomic E-state index is 0.237. The molecule has 3 rings (SSSR count). The van der Waals surface area contributed by atoms with Gasteiger partial charge in [0.2, 0.25) is 0 Å². The Hall–Kier alpha value is -3.03. The Bertz CT molecular complexity index is 947. The standard InChI is InChI=1S/C18H15F3N2O3/c1-3-25-17(24)12-8-14(16-15(9-12)23(2)10-22-16)11-4-6-13(7-5-11)26-18(19,20)21/h4-10H,3H2,1-2H3. The van der Waals surface area contributed by atoms with Crippen molar-refractivity contribution < 1.29 is 27.4 Å². The van der Waals surface area contributed by atoms with Crippen molar-refractivity contribution in [2.45, 2.75) is 13.3 Å². The third-order valence-corrected chi connectivity index (χ3v) is 3.74. The van der Waals surface area contributed by atoms with Crippen molar-refractivity contribution in [3.8, 4) is 16.9 Å².